The third-order valence-electron chi connectivity index (χ3n) is 3.25. The van der Waals surface area contributed by atoms with Crippen molar-refractivity contribution in [3.05, 3.63) is 47.3 Å². The van der Waals surface area contributed by atoms with Gasteiger partial charge in [0.05, 0.1) is 21.3 Å². The van der Waals surface area contributed by atoms with Crippen molar-refractivity contribution in [2.24, 2.45) is 0 Å². The molecule has 1 N–H and O–H groups in total. The number of aliphatic hydroxyl groups is 1. The number of hydrogen-bond acceptors (Lipinski definition) is 5. The summed E-state index contributed by atoms with van der Waals surface area (Å²) in [5.41, 5.74) is 2.25. The van der Waals surface area contributed by atoms with Crippen LogP contribution in [0.15, 0.2) is 30.5 Å². The number of hydrogen-bond donors (Lipinski definition) is 1. The molecule has 112 valence electrons. The van der Waals surface area contributed by atoms with Crippen molar-refractivity contribution in [2.45, 2.75) is 13.0 Å². The first-order valence-electron chi connectivity index (χ1n) is 6.51. The molecule has 2 aromatic rings. The summed E-state index contributed by atoms with van der Waals surface area (Å²) in [4.78, 5) is 4.20. The molecule has 0 saturated carbocycles. The maximum absolute atomic E-state index is 10.5. The Hall–Kier alpha value is -2.27. The number of aromatic nitrogens is 1. The van der Waals surface area contributed by atoms with Crippen LogP contribution in [-0.2, 0) is 0 Å². The van der Waals surface area contributed by atoms with Crippen LogP contribution < -0.4 is 14.2 Å². The van der Waals surface area contributed by atoms with Gasteiger partial charge in [-0.15, -0.1) is 0 Å². The summed E-state index contributed by atoms with van der Waals surface area (Å²) in [5, 5.41) is 10.5. The molecule has 0 bridgehead atoms. The van der Waals surface area contributed by atoms with Gasteiger partial charge in [-0.3, -0.25) is 4.98 Å². The molecule has 1 atom stereocenters. The van der Waals surface area contributed by atoms with Crippen LogP contribution in [0.5, 0.6) is 17.2 Å². The Bertz CT molecular complexity index is 585. The SMILES string of the molecule is COc1cc(C(O)c2ccc(C)nc2)cc(OC)c1OC. The number of pyridine rings is 1. The van der Waals surface area contributed by atoms with E-state index in [2.05, 4.69) is 4.98 Å². The van der Waals surface area contributed by atoms with Gasteiger partial charge in [0.25, 0.3) is 0 Å². The molecule has 0 radical (unpaired) electrons. The monoisotopic (exact) mass is 289 g/mol. The fraction of sp³-hybridized carbons (Fsp3) is 0.312. The zero-order chi connectivity index (χ0) is 15.4. The average molecular weight is 289 g/mol. The summed E-state index contributed by atoms with van der Waals surface area (Å²) in [6, 6.07) is 7.16. The Morgan fingerprint density at radius 2 is 1.57 bits per heavy atom. The fourth-order valence-corrected chi connectivity index (χ4v) is 2.09. The molecule has 2 rings (SSSR count). The number of aliphatic hydroxyl groups excluding tert-OH is 1. The van der Waals surface area contributed by atoms with Crippen LogP contribution in [-0.4, -0.2) is 31.4 Å². The summed E-state index contributed by atoms with van der Waals surface area (Å²) >= 11 is 0. The van der Waals surface area contributed by atoms with Crippen molar-refractivity contribution in [3.63, 3.8) is 0 Å². The van der Waals surface area contributed by atoms with Crippen molar-refractivity contribution in [2.75, 3.05) is 21.3 Å². The third-order valence-corrected chi connectivity index (χ3v) is 3.25. The van der Waals surface area contributed by atoms with E-state index in [1.54, 1.807) is 39.7 Å². The van der Waals surface area contributed by atoms with Gasteiger partial charge in [0.1, 0.15) is 6.10 Å². The highest BCUT2D eigenvalue weighted by molar-refractivity contribution is 5.55. The lowest BCUT2D eigenvalue weighted by atomic mass is 10.0. The van der Waals surface area contributed by atoms with E-state index in [-0.39, 0.29) is 0 Å². The molecule has 0 spiro atoms. The van der Waals surface area contributed by atoms with Gasteiger partial charge < -0.3 is 19.3 Å². The topological polar surface area (TPSA) is 60.8 Å². The summed E-state index contributed by atoms with van der Waals surface area (Å²) in [7, 11) is 4.63. The minimum atomic E-state index is -0.813. The molecule has 1 unspecified atom stereocenters. The molecule has 5 heteroatoms. The lowest BCUT2D eigenvalue weighted by Gasteiger charge is -2.17. The van der Waals surface area contributed by atoms with E-state index >= 15 is 0 Å². The van der Waals surface area contributed by atoms with Gasteiger partial charge in [-0.2, -0.15) is 0 Å². The zero-order valence-electron chi connectivity index (χ0n) is 12.6. The zero-order valence-corrected chi connectivity index (χ0v) is 12.6. The van der Waals surface area contributed by atoms with Crippen LogP contribution >= 0.6 is 0 Å². The molecular weight excluding hydrogens is 270 g/mol. The van der Waals surface area contributed by atoms with E-state index < -0.39 is 6.10 Å². The van der Waals surface area contributed by atoms with Gasteiger partial charge in [0.2, 0.25) is 5.75 Å². The molecule has 0 aliphatic rings. The van der Waals surface area contributed by atoms with Crippen LogP contribution in [0.3, 0.4) is 0 Å². The van der Waals surface area contributed by atoms with Crippen LogP contribution in [0.1, 0.15) is 22.9 Å². The van der Waals surface area contributed by atoms with E-state index in [4.69, 9.17) is 14.2 Å². The Morgan fingerprint density at radius 1 is 0.952 bits per heavy atom. The number of benzene rings is 1. The van der Waals surface area contributed by atoms with Crippen molar-refractivity contribution >= 4 is 0 Å². The molecule has 0 fully saturated rings. The minimum absolute atomic E-state index is 0.498. The second kappa shape index (κ2) is 6.45. The summed E-state index contributed by atoms with van der Waals surface area (Å²) in [5.74, 6) is 1.51. The molecule has 21 heavy (non-hydrogen) atoms. The highest BCUT2D eigenvalue weighted by Gasteiger charge is 2.18. The van der Waals surface area contributed by atoms with E-state index in [1.807, 2.05) is 19.1 Å². The maximum Gasteiger partial charge on any atom is 0.203 e. The van der Waals surface area contributed by atoms with Gasteiger partial charge in [0.15, 0.2) is 11.5 Å². The second-order valence-corrected chi connectivity index (χ2v) is 4.59. The molecule has 1 aromatic heterocycles. The Balaban J connectivity index is 2.45. The van der Waals surface area contributed by atoms with Crippen molar-refractivity contribution in [3.8, 4) is 17.2 Å². The van der Waals surface area contributed by atoms with Crippen molar-refractivity contribution in [1.82, 2.24) is 4.98 Å². The number of ether oxygens (including phenoxy) is 3. The first-order chi connectivity index (χ1) is 10.1. The van der Waals surface area contributed by atoms with Gasteiger partial charge >= 0.3 is 0 Å². The summed E-state index contributed by atoms with van der Waals surface area (Å²) < 4.78 is 15.9. The third kappa shape index (κ3) is 3.08. The van der Waals surface area contributed by atoms with Gasteiger partial charge in [-0.1, -0.05) is 6.07 Å². The van der Waals surface area contributed by atoms with Crippen LogP contribution in [0, 0.1) is 6.92 Å². The number of nitrogens with zero attached hydrogens (tertiary/aromatic N) is 1. The predicted octanol–water partition coefficient (Wildman–Crippen LogP) is 2.50. The Kier molecular flexibility index (Phi) is 4.65. The normalized spacial score (nSPS) is 11.9. The lowest BCUT2D eigenvalue weighted by molar-refractivity contribution is 0.218. The molecule has 0 aliphatic heterocycles. The van der Waals surface area contributed by atoms with E-state index in [1.165, 1.54) is 0 Å². The van der Waals surface area contributed by atoms with Crippen molar-refractivity contribution < 1.29 is 19.3 Å². The smallest absolute Gasteiger partial charge is 0.203 e. The number of methoxy groups -OCH3 is 3. The minimum Gasteiger partial charge on any atom is -0.493 e. The summed E-state index contributed by atoms with van der Waals surface area (Å²) in [6.07, 6.45) is 0.843. The fourth-order valence-electron chi connectivity index (χ4n) is 2.09. The maximum atomic E-state index is 10.5. The Morgan fingerprint density at radius 3 is 2.00 bits per heavy atom. The van der Waals surface area contributed by atoms with Crippen LogP contribution in [0.25, 0.3) is 0 Å². The second-order valence-electron chi connectivity index (χ2n) is 4.59. The molecular formula is C16H19NO4. The van der Waals surface area contributed by atoms with Crippen LogP contribution in [0.2, 0.25) is 0 Å². The quantitative estimate of drug-likeness (QED) is 0.916. The molecule has 5 nitrogen and oxygen atoms in total. The number of rotatable bonds is 5. The highest BCUT2D eigenvalue weighted by atomic mass is 16.5. The Labute approximate surface area is 124 Å². The first-order valence-corrected chi connectivity index (χ1v) is 6.51. The van der Waals surface area contributed by atoms with Gasteiger partial charge in [-0.05, 0) is 30.7 Å². The summed E-state index contributed by atoms with van der Waals surface area (Å²) in [6.45, 7) is 1.90. The standard InChI is InChI=1S/C16H19NO4/c1-10-5-6-11(9-17-10)15(18)12-7-13(19-2)16(21-4)14(8-12)20-3/h5-9,15,18H,1-4H3. The molecule has 0 amide bonds. The highest BCUT2D eigenvalue weighted by Crippen LogP contribution is 2.40. The molecule has 0 saturated heterocycles. The predicted molar refractivity (Wildman–Crippen MR) is 79.1 cm³/mol. The largest absolute Gasteiger partial charge is 0.493 e. The number of aryl methyl sites for hydroxylation is 1. The molecule has 1 aromatic carbocycles. The van der Waals surface area contributed by atoms with E-state index in [0.717, 1.165) is 5.69 Å². The average Bonchev–Trinajstić information content (AvgIpc) is 2.53. The first kappa shape index (κ1) is 15.1. The van der Waals surface area contributed by atoms with Crippen molar-refractivity contribution in [1.29, 1.82) is 0 Å². The lowest BCUT2D eigenvalue weighted by Crippen LogP contribution is -2.03. The molecule has 0 aliphatic carbocycles. The van der Waals surface area contributed by atoms with E-state index in [0.29, 0.717) is 28.4 Å². The van der Waals surface area contributed by atoms with E-state index in [9.17, 15) is 5.11 Å². The van der Waals surface area contributed by atoms with Crippen LogP contribution in [0.4, 0.5) is 0 Å². The van der Waals surface area contributed by atoms with Gasteiger partial charge in [0, 0.05) is 17.5 Å². The van der Waals surface area contributed by atoms with Gasteiger partial charge in [-0.25, -0.2) is 0 Å². The molecule has 1 heterocycles.